The van der Waals surface area contributed by atoms with Crippen LogP contribution in [0.3, 0.4) is 0 Å². The van der Waals surface area contributed by atoms with Crippen molar-refractivity contribution in [1.29, 1.82) is 0 Å². The van der Waals surface area contributed by atoms with Gasteiger partial charge in [0.1, 0.15) is 0 Å². The monoisotopic (exact) mass is 162 g/mol. The number of rotatable bonds is 0. The van der Waals surface area contributed by atoms with E-state index in [4.69, 9.17) is 0 Å². The van der Waals surface area contributed by atoms with Gasteiger partial charge in [0.05, 0.1) is 17.0 Å². The van der Waals surface area contributed by atoms with Crippen LogP contribution < -0.4 is 0 Å². The molecule has 62 valence electrons. The third-order valence-electron chi connectivity index (χ3n) is 2.12. The second-order valence-corrected chi connectivity index (χ2v) is 2.99. The third-order valence-corrected chi connectivity index (χ3v) is 2.12. The molecule has 0 fully saturated rings. The van der Waals surface area contributed by atoms with Gasteiger partial charge in [-0.15, -0.1) is 0 Å². The minimum atomic E-state index is 0.197. The highest BCUT2D eigenvalue weighted by molar-refractivity contribution is 6.12. The third kappa shape index (κ3) is 0.679. The summed E-state index contributed by atoms with van der Waals surface area (Å²) in [6.45, 7) is 7.57. The van der Waals surface area contributed by atoms with Crippen LogP contribution in [0.5, 0.6) is 5.88 Å². The number of hydrogen-bond donors (Lipinski definition) is 2. The van der Waals surface area contributed by atoms with Crippen molar-refractivity contribution in [2.24, 2.45) is 4.99 Å². The Hall–Kier alpha value is -1.51. The fourth-order valence-corrected chi connectivity index (χ4v) is 1.64. The van der Waals surface area contributed by atoms with Crippen LogP contribution in [0, 0.1) is 6.92 Å². The normalized spacial score (nSPS) is 14.8. The van der Waals surface area contributed by atoms with Gasteiger partial charge >= 0.3 is 0 Å². The van der Waals surface area contributed by atoms with E-state index < -0.39 is 0 Å². The molecule has 0 radical (unpaired) electrons. The second kappa shape index (κ2) is 2.00. The lowest BCUT2D eigenvalue weighted by atomic mass is 10.1. The van der Waals surface area contributed by atoms with Crippen LogP contribution in [0.1, 0.15) is 23.7 Å². The van der Waals surface area contributed by atoms with Crippen LogP contribution in [0.25, 0.3) is 5.70 Å². The van der Waals surface area contributed by atoms with Crippen molar-refractivity contribution in [2.75, 3.05) is 0 Å². The van der Waals surface area contributed by atoms with E-state index in [1.54, 1.807) is 0 Å². The molecular formula is C9H10N2O. The summed E-state index contributed by atoms with van der Waals surface area (Å²) in [5.41, 5.74) is 4.24. The molecule has 0 bridgehead atoms. The van der Waals surface area contributed by atoms with Gasteiger partial charge in [-0.05, 0) is 13.8 Å². The summed E-state index contributed by atoms with van der Waals surface area (Å²) in [7, 11) is 0. The van der Waals surface area contributed by atoms with E-state index in [0.29, 0.717) is 0 Å². The predicted molar refractivity (Wildman–Crippen MR) is 48.4 cm³/mol. The molecule has 1 aromatic heterocycles. The maximum Gasteiger partial charge on any atom is 0.198 e. The van der Waals surface area contributed by atoms with Crippen molar-refractivity contribution in [2.45, 2.75) is 13.8 Å². The summed E-state index contributed by atoms with van der Waals surface area (Å²) in [4.78, 5) is 7.03. The minimum Gasteiger partial charge on any atom is -0.494 e. The zero-order chi connectivity index (χ0) is 8.88. The van der Waals surface area contributed by atoms with E-state index in [-0.39, 0.29) is 5.88 Å². The predicted octanol–water partition coefficient (Wildman–Crippen LogP) is 1.82. The molecule has 12 heavy (non-hydrogen) atoms. The second-order valence-electron chi connectivity index (χ2n) is 2.99. The molecule has 1 aromatic rings. The Morgan fingerprint density at radius 3 is 2.58 bits per heavy atom. The summed E-state index contributed by atoms with van der Waals surface area (Å²) in [6, 6.07) is 0. The molecule has 3 heteroatoms. The number of aryl methyl sites for hydroxylation is 1. The number of nitrogens with one attached hydrogen (secondary N) is 1. The van der Waals surface area contributed by atoms with Gasteiger partial charge < -0.3 is 10.1 Å². The topological polar surface area (TPSA) is 48.4 Å². The van der Waals surface area contributed by atoms with Crippen LogP contribution in [0.15, 0.2) is 11.6 Å². The van der Waals surface area contributed by atoms with Gasteiger partial charge in [0.15, 0.2) is 5.88 Å². The summed E-state index contributed by atoms with van der Waals surface area (Å²) < 4.78 is 0. The Morgan fingerprint density at radius 2 is 2.00 bits per heavy atom. The maximum atomic E-state index is 9.46. The molecule has 0 saturated heterocycles. The van der Waals surface area contributed by atoms with Crippen LogP contribution in [-0.2, 0) is 0 Å². The van der Waals surface area contributed by atoms with Crippen molar-refractivity contribution in [1.82, 2.24) is 4.98 Å². The standard InChI is InChI=1S/C9H10N2O/c1-4-7-5(2)11-9(12)8(7)6(3)10-4/h11-12H,1H2,2-3H3. The lowest BCUT2D eigenvalue weighted by Gasteiger charge is -1.90. The zero-order valence-corrected chi connectivity index (χ0v) is 7.10. The van der Waals surface area contributed by atoms with Gasteiger partial charge in [0.25, 0.3) is 0 Å². The van der Waals surface area contributed by atoms with Crippen molar-refractivity contribution in [3.8, 4) is 5.88 Å². The number of hydrogen-bond acceptors (Lipinski definition) is 2. The fourth-order valence-electron chi connectivity index (χ4n) is 1.64. The first kappa shape index (κ1) is 7.16. The molecular weight excluding hydrogens is 152 g/mol. The number of H-pyrrole nitrogens is 1. The largest absolute Gasteiger partial charge is 0.494 e. The molecule has 0 saturated carbocycles. The average molecular weight is 162 g/mol. The zero-order valence-electron chi connectivity index (χ0n) is 7.10. The molecule has 1 aliphatic heterocycles. The van der Waals surface area contributed by atoms with Crippen molar-refractivity contribution in [3.63, 3.8) is 0 Å². The van der Waals surface area contributed by atoms with E-state index in [1.165, 1.54) is 0 Å². The summed E-state index contributed by atoms with van der Waals surface area (Å²) in [5, 5.41) is 9.46. The number of aromatic nitrogens is 1. The number of fused-ring (bicyclic) bond motifs is 1. The van der Waals surface area contributed by atoms with Gasteiger partial charge in [-0.25, -0.2) is 0 Å². The lowest BCUT2D eigenvalue weighted by Crippen LogP contribution is -1.87. The molecule has 0 atom stereocenters. The average Bonchev–Trinajstić information content (AvgIpc) is 2.38. The lowest BCUT2D eigenvalue weighted by molar-refractivity contribution is 0.455. The Morgan fingerprint density at radius 1 is 1.33 bits per heavy atom. The fraction of sp³-hybridized carbons (Fsp3) is 0.222. The van der Waals surface area contributed by atoms with Gasteiger partial charge in [-0.3, -0.25) is 4.99 Å². The van der Waals surface area contributed by atoms with Crippen molar-refractivity contribution < 1.29 is 5.11 Å². The van der Waals surface area contributed by atoms with Crippen LogP contribution in [0.4, 0.5) is 0 Å². The van der Waals surface area contributed by atoms with E-state index in [1.807, 2.05) is 13.8 Å². The van der Waals surface area contributed by atoms with Crippen LogP contribution in [-0.4, -0.2) is 15.8 Å². The first-order chi connectivity index (χ1) is 5.61. The minimum absolute atomic E-state index is 0.197. The first-order valence-corrected chi connectivity index (χ1v) is 3.77. The summed E-state index contributed by atoms with van der Waals surface area (Å²) >= 11 is 0. The highest BCUT2D eigenvalue weighted by atomic mass is 16.3. The molecule has 1 aliphatic rings. The molecule has 2 rings (SSSR count). The molecule has 0 amide bonds. The molecule has 0 unspecified atom stereocenters. The first-order valence-electron chi connectivity index (χ1n) is 3.77. The molecule has 0 aliphatic carbocycles. The van der Waals surface area contributed by atoms with E-state index >= 15 is 0 Å². The Balaban J connectivity index is 2.79. The highest BCUT2D eigenvalue weighted by Gasteiger charge is 2.23. The number of nitrogens with zero attached hydrogens (tertiary/aromatic N) is 1. The SMILES string of the molecule is C=C1N=C(C)c2c(O)[nH]c(C)c21. The van der Waals surface area contributed by atoms with Gasteiger partial charge in [0.2, 0.25) is 0 Å². The highest BCUT2D eigenvalue weighted by Crippen LogP contribution is 2.35. The quantitative estimate of drug-likeness (QED) is 0.600. The van der Waals surface area contributed by atoms with Crippen LogP contribution in [0.2, 0.25) is 0 Å². The maximum absolute atomic E-state index is 9.46. The van der Waals surface area contributed by atoms with E-state index in [2.05, 4.69) is 16.6 Å². The van der Waals surface area contributed by atoms with Gasteiger partial charge in [-0.1, -0.05) is 6.58 Å². The summed E-state index contributed by atoms with van der Waals surface area (Å²) in [5.74, 6) is 0.197. The van der Waals surface area contributed by atoms with Crippen molar-refractivity contribution in [3.05, 3.63) is 23.4 Å². The number of aromatic hydroxyl groups is 1. The Kier molecular flexibility index (Phi) is 1.19. The summed E-state index contributed by atoms with van der Waals surface area (Å²) in [6.07, 6.45) is 0. The van der Waals surface area contributed by atoms with Crippen LogP contribution >= 0.6 is 0 Å². The van der Waals surface area contributed by atoms with E-state index in [0.717, 1.165) is 28.2 Å². The molecule has 3 nitrogen and oxygen atoms in total. The number of aromatic amines is 1. The molecule has 2 N–H and O–H groups in total. The number of aliphatic imine (C=N–C) groups is 1. The Labute approximate surface area is 70.5 Å². The van der Waals surface area contributed by atoms with Gasteiger partial charge in [-0.2, -0.15) is 0 Å². The smallest absolute Gasteiger partial charge is 0.198 e. The molecule has 0 aromatic carbocycles. The molecule has 2 heterocycles. The van der Waals surface area contributed by atoms with E-state index in [9.17, 15) is 5.11 Å². The molecule has 0 spiro atoms. The Bertz CT molecular complexity index is 399. The van der Waals surface area contributed by atoms with Gasteiger partial charge in [0, 0.05) is 11.3 Å². The van der Waals surface area contributed by atoms with Crippen molar-refractivity contribution >= 4 is 11.4 Å².